The molecule has 2 atom stereocenters. The van der Waals surface area contributed by atoms with Gasteiger partial charge in [0.15, 0.2) is 0 Å². The highest BCUT2D eigenvalue weighted by atomic mass is 32.2. The van der Waals surface area contributed by atoms with Gasteiger partial charge >= 0.3 is 6.03 Å². The van der Waals surface area contributed by atoms with Gasteiger partial charge in [0, 0.05) is 47.9 Å². The van der Waals surface area contributed by atoms with E-state index in [9.17, 15) is 9.00 Å². The second-order valence-corrected chi connectivity index (χ2v) is 7.57. The molecule has 0 bridgehead atoms. The second-order valence-electron chi connectivity index (χ2n) is 6.09. The van der Waals surface area contributed by atoms with Crippen molar-refractivity contribution in [2.45, 2.75) is 31.2 Å². The van der Waals surface area contributed by atoms with Gasteiger partial charge in [0.05, 0.1) is 0 Å². The Balaban J connectivity index is 1.91. The fourth-order valence-corrected chi connectivity index (χ4v) is 3.51. The highest BCUT2D eigenvalue weighted by Crippen LogP contribution is 2.48. The number of rotatable bonds is 6. The maximum atomic E-state index is 12.2. The summed E-state index contributed by atoms with van der Waals surface area (Å²) < 4.78 is 11.2. The molecule has 5 heteroatoms. The first-order valence-corrected chi connectivity index (χ1v) is 9.03. The summed E-state index contributed by atoms with van der Waals surface area (Å²) in [4.78, 5) is 13.9. The summed E-state index contributed by atoms with van der Waals surface area (Å²) in [5.41, 5.74) is 1.44. The third kappa shape index (κ3) is 4.30. The Morgan fingerprint density at radius 3 is 2.52 bits per heavy atom. The van der Waals surface area contributed by atoms with Crippen LogP contribution in [0.4, 0.5) is 4.79 Å². The molecule has 1 N–H and O–H groups in total. The number of likely N-dealkylation sites (N-methyl/N-ethyl adjacent to an activating group) is 1. The molecular formula is C16H24N2O2S. The second kappa shape index (κ2) is 6.60. The first-order chi connectivity index (χ1) is 9.93. The predicted molar refractivity (Wildman–Crippen MR) is 86.9 cm³/mol. The molecule has 0 unspecified atom stereocenters. The number of benzene rings is 1. The molecule has 2 rings (SSSR count). The molecule has 0 saturated heterocycles. The number of amides is 2. The molecule has 0 aromatic heterocycles. The molecule has 1 aromatic carbocycles. The summed E-state index contributed by atoms with van der Waals surface area (Å²) in [5, 5.41) is 2.91. The average molecular weight is 308 g/mol. The maximum absolute atomic E-state index is 12.2. The van der Waals surface area contributed by atoms with Gasteiger partial charge in [-0.15, -0.1) is 0 Å². The molecule has 0 radical (unpaired) electrons. The number of hydrogen-bond donors (Lipinski definition) is 1. The van der Waals surface area contributed by atoms with Crippen LogP contribution < -0.4 is 5.32 Å². The normalized spacial score (nSPS) is 18.6. The summed E-state index contributed by atoms with van der Waals surface area (Å²) in [6, 6.07) is 10.2. The molecule has 0 spiro atoms. The zero-order valence-corrected chi connectivity index (χ0v) is 13.8. The van der Waals surface area contributed by atoms with E-state index in [1.807, 2.05) is 32.2 Å². The van der Waals surface area contributed by atoms with Crippen LogP contribution in [0.2, 0.25) is 0 Å². The van der Waals surface area contributed by atoms with Crippen LogP contribution in [-0.2, 0) is 16.2 Å². The molecule has 116 valence electrons. The van der Waals surface area contributed by atoms with E-state index in [0.717, 1.165) is 19.4 Å². The zero-order chi connectivity index (χ0) is 15.5. The third-order valence-corrected chi connectivity index (χ3v) is 4.95. The van der Waals surface area contributed by atoms with Gasteiger partial charge in [-0.25, -0.2) is 4.79 Å². The molecule has 2 amide bonds. The minimum absolute atomic E-state index is 0.0716. The number of carbonyl (C=O) groups excluding carboxylic acids is 1. The highest BCUT2D eigenvalue weighted by molar-refractivity contribution is 7.84. The van der Waals surface area contributed by atoms with Crippen LogP contribution in [0.3, 0.4) is 0 Å². The SMILES string of the molecule is C[C@H](C[S@](C)=O)NC(=O)N(C)CC1(c2ccccc2)CC1. The van der Waals surface area contributed by atoms with E-state index >= 15 is 0 Å². The van der Waals surface area contributed by atoms with Crippen molar-refractivity contribution in [2.75, 3.05) is 25.6 Å². The minimum atomic E-state index is -0.895. The van der Waals surface area contributed by atoms with Gasteiger partial charge in [0.1, 0.15) is 0 Å². The van der Waals surface area contributed by atoms with E-state index in [1.165, 1.54) is 5.56 Å². The van der Waals surface area contributed by atoms with E-state index < -0.39 is 10.8 Å². The van der Waals surface area contributed by atoms with Crippen molar-refractivity contribution in [1.82, 2.24) is 10.2 Å². The quantitative estimate of drug-likeness (QED) is 0.875. The summed E-state index contributed by atoms with van der Waals surface area (Å²) in [6.07, 6.45) is 3.91. The molecule has 4 nitrogen and oxygen atoms in total. The van der Waals surface area contributed by atoms with Crippen LogP contribution in [0.5, 0.6) is 0 Å². The predicted octanol–water partition coefficient (Wildman–Crippen LogP) is 2.13. The lowest BCUT2D eigenvalue weighted by molar-refractivity contribution is 0.202. The minimum Gasteiger partial charge on any atom is -0.335 e. The van der Waals surface area contributed by atoms with E-state index in [-0.39, 0.29) is 17.5 Å². The summed E-state index contributed by atoms with van der Waals surface area (Å²) in [7, 11) is 0.932. The van der Waals surface area contributed by atoms with Crippen molar-refractivity contribution in [2.24, 2.45) is 0 Å². The first kappa shape index (κ1) is 16.0. The number of nitrogens with zero attached hydrogens (tertiary/aromatic N) is 1. The highest BCUT2D eigenvalue weighted by Gasteiger charge is 2.45. The van der Waals surface area contributed by atoms with Crippen LogP contribution >= 0.6 is 0 Å². The van der Waals surface area contributed by atoms with E-state index in [4.69, 9.17) is 0 Å². The number of hydrogen-bond acceptors (Lipinski definition) is 2. The Hall–Kier alpha value is -1.36. The van der Waals surface area contributed by atoms with E-state index in [2.05, 4.69) is 17.4 Å². The van der Waals surface area contributed by atoms with Gasteiger partial charge in [-0.1, -0.05) is 30.3 Å². The lowest BCUT2D eigenvalue weighted by Gasteiger charge is -2.26. The van der Waals surface area contributed by atoms with Crippen molar-refractivity contribution >= 4 is 16.8 Å². The Morgan fingerprint density at radius 2 is 2.00 bits per heavy atom. The summed E-state index contributed by atoms with van der Waals surface area (Å²) in [5.74, 6) is 0.489. The molecule has 1 saturated carbocycles. The first-order valence-electron chi connectivity index (χ1n) is 7.30. The Morgan fingerprint density at radius 1 is 1.38 bits per heavy atom. The summed E-state index contributed by atoms with van der Waals surface area (Å²) >= 11 is 0. The number of carbonyl (C=O) groups is 1. The lowest BCUT2D eigenvalue weighted by atomic mass is 9.95. The van der Waals surface area contributed by atoms with Gasteiger partial charge in [-0.05, 0) is 25.3 Å². The smallest absolute Gasteiger partial charge is 0.317 e. The van der Waals surface area contributed by atoms with Gasteiger partial charge in [0.2, 0.25) is 0 Å². The monoisotopic (exact) mass is 308 g/mol. The van der Waals surface area contributed by atoms with Crippen molar-refractivity contribution in [3.8, 4) is 0 Å². The van der Waals surface area contributed by atoms with Gasteiger partial charge in [-0.3, -0.25) is 4.21 Å². The largest absolute Gasteiger partial charge is 0.335 e. The maximum Gasteiger partial charge on any atom is 0.317 e. The number of urea groups is 1. The Bertz CT molecular complexity index is 514. The van der Waals surface area contributed by atoms with Gasteiger partial charge in [-0.2, -0.15) is 0 Å². The molecule has 0 heterocycles. The standard InChI is InChI=1S/C16H24N2O2S/c1-13(11-21(3)20)17-15(19)18(2)12-16(9-10-16)14-7-5-4-6-8-14/h4-8,13H,9-12H2,1-3H3,(H,17,19)/t13-,21+/m1/s1. The van der Waals surface area contributed by atoms with Crippen molar-refractivity contribution in [1.29, 1.82) is 0 Å². The third-order valence-electron chi connectivity index (χ3n) is 3.98. The van der Waals surface area contributed by atoms with Crippen LogP contribution in [-0.4, -0.2) is 46.8 Å². The van der Waals surface area contributed by atoms with E-state index in [1.54, 1.807) is 11.2 Å². The Kier molecular flexibility index (Phi) is 5.04. The van der Waals surface area contributed by atoms with Crippen LogP contribution in [0.1, 0.15) is 25.3 Å². The van der Waals surface area contributed by atoms with Gasteiger partial charge in [0.25, 0.3) is 0 Å². The van der Waals surface area contributed by atoms with Crippen LogP contribution in [0.15, 0.2) is 30.3 Å². The van der Waals surface area contributed by atoms with Crippen molar-refractivity contribution in [3.05, 3.63) is 35.9 Å². The van der Waals surface area contributed by atoms with Gasteiger partial charge < -0.3 is 10.2 Å². The van der Waals surface area contributed by atoms with Crippen molar-refractivity contribution in [3.63, 3.8) is 0 Å². The van der Waals surface area contributed by atoms with Crippen molar-refractivity contribution < 1.29 is 9.00 Å². The Labute approximate surface area is 129 Å². The molecule has 0 aliphatic heterocycles. The van der Waals surface area contributed by atoms with E-state index in [0.29, 0.717) is 5.75 Å². The molecule has 1 fully saturated rings. The molecule has 21 heavy (non-hydrogen) atoms. The van der Waals surface area contributed by atoms with Crippen LogP contribution in [0.25, 0.3) is 0 Å². The zero-order valence-electron chi connectivity index (χ0n) is 13.0. The summed E-state index contributed by atoms with van der Waals surface area (Å²) in [6.45, 7) is 2.61. The average Bonchev–Trinajstić information content (AvgIpc) is 3.19. The fraction of sp³-hybridized carbons (Fsp3) is 0.562. The van der Waals surface area contributed by atoms with Crippen LogP contribution in [0, 0.1) is 0 Å². The fourth-order valence-electron chi connectivity index (χ4n) is 2.72. The number of nitrogens with one attached hydrogen (secondary N) is 1. The lowest BCUT2D eigenvalue weighted by Crippen LogP contribution is -2.46. The molecular weight excluding hydrogens is 284 g/mol. The molecule has 1 aliphatic rings. The molecule has 1 aliphatic carbocycles. The topological polar surface area (TPSA) is 49.4 Å². The molecule has 1 aromatic rings.